The van der Waals surface area contributed by atoms with Crippen molar-refractivity contribution >= 4 is 17.9 Å². The van der Waals surface area contributed by atoms with Crippen molar-refractivity contribution in [2.24, 2.45) is 0 Å². The summed E-state index contributed by atoms with van der Waals surface area (Å²) in [6, 6.07) is 2.47. The number of hydrogen-bond donors (Lipinski definition) is 1. The fraction of sp³-hybridized carbons (Fsp3) is 0.500. The Hall–Kier alpha value is -2.97. The number of ether oxygens (including phenoxy) is 4. The molecule has 0 bridgehead atoms. The van der Waals surface area contributed by atoms with Gasteiger partial charge in [0.1, 0.15) is 0 Å². The minimum atomic E-state index is -0.729. The van der Waals surface area contributed by atoms with E-state index >= 15 is 0 Å². The molecule has 1 aromatic rings. The lowest BCUT2D eigenvalue weighted by molar-refractivity contribution is -0.130. The molecule has 1 aliphatic heterocycles. The van der Waals surface area contributed by atoms with E-state index in [1.165, 1.54) is 12.1 Å². The SMILES string of the molecule is CCOc1cc(C(=O)OCC(=O)N2CCNC2=O)cc(OCC)c1OCC. The van der Waals surface area contributed by atoms with Gasteiger partial charge >= 0.3 is 12.0 Å². The molecule has 1 aliphatic rings. The van der Waals surface area contributed by atoms with Gasteiger partial charge in [0, 0.05) is 13.1 Å². The number of esters is 1. The lowest BCUT2D eigenvalue weighted by atomic mass is 10.2. The van der Waals surface area contributed by atoms with Crippen LogP contribution in [0.1, 0.15) is 31.1 Å². The number of nitrogens with one attached hydrogen (secondary N) is 1. The fourth-order valence-corrected chi connectivity index (χ4v) is 2.50. The van der Waals surface area contributed by atoms with Crippen LogP contribution in [0.15, 0.2) is 12.1 Å². The highest BCUT2D eigenvalue weighted by molar-refractivity contribution is 5.98. The van der Waals surface area contributed by atoms with Gasteiger partial charge in [-0.1, -0.05) is 0 Å². The number of rotatable bonds is 9. The monoisotopic (exact) mass is 380 g/mol. The van der Waals surface area contributed by atoms with Gasteiger partial charge in [0.05, 0.1) is 25.4 Å². The maximum Gasteiger partial charge on any atom is 0.338 e. The lowest BCUT2D eigenvalue weighted by Crippen LogP contribution is -2.37. The molecule has 0 aliphatic carbocycles. The molecule has 1 aromatic carbocycles. The maximum atomic E-state index is 12.4. The Kier molecular flexibility index (Phi) is 7.27. The van der Waals surface area contributed by atoms with E-state index in [1.54, 1.807) is 13.8 Å². The largest absolute Gasteiger partial charge is 0.490 e. The zero-order valence-electron chi connectivity index (χ0n) is 15.7. The second kappa shape index (κ2) is 9.65. The molecule has 0 radical (unpaired) electrons. The van der Waals surface area contributed by atoms with Crippen LogP contribution in [0.5, 0.6) is 17.2 Å². The van der Waals surface area contributed by atoms with Crippen molar-refractivity contribution in [3.63, 3.8) is 0 Å². The molecule has 1 saturated heterocycles. The molecule has 3 amide bonds. The Bertz CT molecular complexity index is 678. The zero-order chi connectivity index (χ0) is 19.8. The van der Waals surface area contributed by atoms with Gasteiger partial charge in [0.15, 0.2) is 18.1 Å². The van der Waals surface area contributed by atoms with Gasteiger partial charge in [-0.25, -0.2) is 9.59 Å². The molecule has 1 heterocycles. The molecule has 0 saturated carbocycles. The fourth-order valence-electron chi connectivity index (χ4n) is 2.50. The average molecular weight is 380 g/mol. The van der Waals surface area contributed by atoms with E-state index in [-0.39, 0.29) is 12.1 Å². The Morgan fingerprint density at radius 2 is 1.63 bits per heavy atom. The highest BCUT2D eigenvalue weighted by Gasteiger charge is 2.27. The normalized spacial score (nSPS) is 13.1. The second-order valence-corrected chi connectivity index (χ2v) is 5.45. The van der Waals surface area contributed by atoms with Crippen molar-refractivity contribution in [1.29, 1.82) is 0 Å². The Labute approximate surface area is 157 Å². The number of carbonyl (C=O) groups excluding carboxylic acids is 3. The second-order valence-electron chi connectivity index (χ2n) is 5.45. The molecule has 1 N–H and O–H groups in total. The van der Waals surface area contributed by atoms with Crippen LogP contribution in [-0.4, -0.2) is 62.3 Å². The summed E-state index contributed by atoms with van der Waals surface area (Å²) >= 11 is 0. The van der Waals surface area contributed by atoms with E-state index in [2.05, 4.69) is 5.32 Å². The molecule has 0 aromatic heterocycles. The highest BCUT2D eigenvalue weighted by atomic mass is 16.5. The first-order valence-corrected chi connectivity index (χ1v) is 8.83. The number of carbonyl (C=O) groups is 3. The number of imide groups is 1. The first kappa shape index (κ1) is 20.3. The molecule has 0 unspecified atom stereocenters. The third-order valence-corrected chi connectivity index (χ3v) is 3.63. The first-order chi connectivity index (χ1) is 13.0. The molecule has 9 nitrogen and oxygen atoms in total. The summed E-state index contributed by atoms with van der Waals surface area (Å²) in [4.78, 5) is 36.8. The van der Waals surface area contributed by atoms with E-state index in [9.17, 15) is 14.4 Å². The summed E-state index contributed by atoms with van der Waals surface area (Å²) < 4.78 is 21.7. The Morgan fingerprint density at radius 3 is 2.11 bits per heavy atom. The summed E-state index contributed by atoms with van der Waals surface area (Å²) in [7, 11) is 0. The predicted octanol–water partition coefficient (Wildman–Crippen LogP) is 1.59. The molecule has 0 spiro atoms. The van der Waals surface area contributed by atoms with Crippen molar-refractivity contribution in [3.05, 3.63) is 17.7 Å². The van der Waals surface area contributed by atoms with Crippen LogP contribution < -0.4 is 19.5 Å². The van der Waals surface area contributed by atoms with E-state index in [0.29, 0.717) is 43.6 Å². The molecule has 0 atom stereocenters. The minimum Gasteiger partial charge on any atom is -0.490 e. The third kappa shape index (κ3) is 5.02. The summed E-state index contributed by atoms with van der Waals surface area (Å²) in [5.74, 6) is -0.209. The zero-order valence-corrected chi connectivity index (χ0v) is 15.7. The molecule has 2 rings (SSSR count). The van der Waals surface area contributed by atoms with Gasteiger partial charge in [-0.15, -0.1) is 0 Å². The molecule has 1 fully saturated rings. The first-order valence-electron chi connectivity index (χ1n) is 8.83. The third-order valence-electron chi connectivity index (χ3n) is 3.63. The summed E-state index contributed by atoms with van der Waals surface area (Å²) in [6.45, 7) is 6.67. The molecular weight excluding hydrogens is 356 g/mol. The molecular formula is C18H24N2O7. The lowest BCUT2D eigenvalue weighted by Gasteiger charge is -2.17. The van der Waals surface area contributed by atoms with Crippen LogP contribution in [0, 0.1) is 0 Å². The van der Waals surface area contributed by atoms with Gasteiger partial charge in [-0.05, 0) is 32.9 Å². The van der Waals surface area contributed by atoms with Gasteiger partial charge in [-0.2, -0.15) is 0 Å². The quantitative estimate of drug-likeness (QED) is 0.649. The van der Waals surface area contributed by atoms with Gasteiger partial charge < -0.3 is 24.3 Å². The smallest absolute Gasteiger partial charge is 0.338 e. The van der Waals surface area contributed by atoms with E-state index in [0.717, 1.165) is 4.90 Å². The van der Waals surface area contributed by atoms with E-state index in [1.807, 2.05) is 6.92 Å². The van der Waals surface area contributed by atoms with Crippen LogP contribution in [0.2, 0.25) is 0 Å². The highest BCUT2D eigenvalue weighted by Crippen LogP contribution is 2.39. The van der Waals surface area contributed by atoms with Crippen LogP contribution >= 0.6 is 0 Å². The van der Waals surface area contributed by atoms with Crippen LogP contribution in [0.25, 0.3) is 0 Å². The van der Waals surface area contributed by atoms with Crippen molar-refractivity contribution in [1.82, 2.24) is 10.2 Å². The number of urea groups is 1. The minimum absolute atomic E-state index is 0.157. The Morgan fingerprint density at radius 1 is 1.04 bits per heavy atom. The van der Waals surface area contributed by atoms with Gasteiger partial charge in [0.25, 0.3) is 5.91 Å². The van der Waals surface area contributed by atoms with Crippen LogP contribution in [-0.2, 0) is 9.53 Å². The summed E-state index contributed by atoms with van der Waals surface area (Å²) in [6.07, 6.45) is 0. The number of amides is 3. The molecule has 148 valence electrons. The predicted molar refractivity (Wildman–Crippen MR) is 95.3 cm³/mol. The Balaban J connectivity index is 2.16. The van der Waals surface area contributed by atoms with Crippen molar-refractivity contribution in [2.75, 3.05) is 39.5 Å². The maximum absolute atomic E-state index is 12.4. The number of nitrogens with zero attached hydrogens (tertiary/aromatic N) is 1. The van der Waals surface area contributed by atoms with Crippen LogP contribution in [0.4, 0.5) is 4.79 Å². The number of benzene rings is 1. The number of hydrogen-bond acceptors (Lipinski definition) is 7. The average Bonchev–Trinajstić information content (AvgIpc) is 3.08. The van der Waals surface area contributed by atoms with Crippen molar-refractivity contribution in [2.45, 2.75) is 20.8 Å². The topological polar surface area (TPSA) is 103 Å². The van der Waals surface area contributed by atoms with Gasteiger partial charge in [0.2, 0.25) is 5.75 Å². The summed E-state index contributed by atoms with van der Waals surface area (Å²) in [5.41, 5.74) is 0.157. The summed E-state index contributed by atoms with van der Waals surface area (Å²) in [5, 5.41) is 2.51. The van der Waals surface area contributed by atoms with Gasteiger partial charge in [-0.3, -0.25) is 9.69 Å². The standard InChI is InChI=1S/C18H24N2O7/c1-4-24-13-9-12(10-14(25-5-2)16(13)26-6-3)17(22)27-11-15(21)20-8-7-19-18(20)23/h9-10H,4-8,11H2,1-3H3,(H,19,23). The van der Waals surface area contributed by atoms with Crippen molar-refractivity contribution in [3.8, 4) is 17.2 Å². The molecule has 27 heavy (non-hydrogen) atoms. The van der Waals surface area contributed by atoms with E-state index in [4.69, 9.17) is 18.9 Å². The molecule has 9 heteroatoms. The van der Waals surface area contributed by atoms with E-state index < -0.39 is 24.5 Å². The van der Waals surface area contributed by atoms with Crippen LogP contribution in [0.3, 0.4) is 0 Å². The van der Waals surface area contributed by atoms with Crippen molar-refractivity contribution < 1.29 is 33.3 Å².